The Labute approximate surface area is 142 Å². The summed E-state index contributed by atoms with van der Waals surface area (Å²) < 4.78 is 11.1. The van der Waals surface area contributed by atoms with Crippen LogP contribution in [-0.2, 0) is 22.7 Å². The van der Waals surface area contributed by atoms with Crippen LogP contribution in [0.2, 0.25) is 0 Å². The van der Waals surface area contributed by atoms with E-state index in [-0.39, 0.29) is 18.8 Å². The van der Waals surface area contributed by atoms with E-state index in [1.54, 1.807) is 30.3 Å². The molecular formula is C17H15NO7. The van der Waals surface area contributed by atoms with Crippen molar-refractivity contribution < 1.29 is 29.0 Å². The summed E-state index contributed by atoms with van der Waals surface area (Å²) in [7, 11) is 1.10. The van der Waals surface area contributed by atoms with Crippen molar-refractivity contribution in [3.05, 3.63) is 63.6 Å². The standard InChI is InChI=1S/C17H15NO7/c1-24-17(23)13-15(25-10-11-5-3-2-4-6-11)14(20)12(16(21)22)9-18(13)7-8-19/h2-6,8-9H,7,10H2,1H3,(H,21,22). The zero-order chi connectivity index (χ0) is 18.4. The molecule has 1 aromatic carbocycles. The van der Waals surface area contributed by atoms with Crippen LogP contribution in [0.3, 0.4) is 0 Å². The predicted molar refractivity (Wildman–Crippen MR) is 85.8 cm³/mol. The van der Waals surface area contributed by atoms with Crippen LogP contribution in [0.25, 0.3) is 0 Å². The van der Waals surface area contributed by atoms with Gasteiger partial charge in [-0.05, 0) is 5.56 Å². The highest BCUT2D eigenvalue weighted by molar-refractivity contribution is 5.93. The lowest BCUT2D eigenvalue weighted by atomic mass is 10.2. The number of hydrogen-bond acceptors (Lipinski definition) is 6. The molecule has 2 aromatic rings. The number of benzene rings is 1. The molecule has 0 aliphatic rings. The van der Waals surface area contributed by atoms with E-state index in [4.69, 9.17) is 4.74 Å². The number of carboxylic acids is 1. The van der Waals surface area contributed by atoms with E-state index in [9.17, 15) is 24.3 Å². The van der Waals surface area contributed by atoms with Gasteiger partial charge >= 0.3 is 11.9 Å². The second-order valence-electron chi connectivity index (χ2n) is 4.94. The Balaban J connectivity index is 2.59. The van der Waals surface area contributed by atoms with Crippen LogP contribution in [-0.4, -0.2) is 35.0 Å². The third-order valence-electron chi connectivity index (χ3n) is 3.34. The first-order chi connectivity index (χ1) is 12.0. The first kappa shape index (κ1) is 17.9. The SMILES string of the molecule is COC(=O)c1c(OCc2ccccc2)c(=O)c(C(=O)O)cn1CC=O. The molecule has 25 heavy (non-hydrogen) atoms. The summed E-state index contributed by atoms with van der Waals surface area (Å²) in [4.78, 5) is 46.6. The molecule has 0 fully saturated rings. The number of pyridine rings is 1. The Morgan fingerprint density at radius 1 is 1.24 bits per heavy atom. The second kappa shape index (κ2) is 7.91. The van der Waals surface area contributed by atoms with Crippen molar-refractivity contribution in [3.8, 4) is 5.75 Å². The number of methoxy groups -OCH3 is 1. The minimum absolute atomic E-state index is 0.0652. The minimum Gasteiger partial charge on any atom is -0.482 e. The Morgan fingerprint density at radius 2 is 1.92 bits per heavy atom. The summed E-state index contributed by atoms with van der Waals surface area (Å²) in [6.07, 6.45) is 1.38. The van der Waals surface area contributed by atoms with E-state index in [0.717, 1.165) is 17.9 Å². The van der Waals surface area contributed by atoms with Crippen molar-refractivity contribution >= 4 is 18.2 Å². The van der Waals surface area contributed by atoms with Gasteiger partial charge in [0, 0.05) is 6.20 Å². The third kappa shape index (κ3) is 3.92. The summed E-state index contributed by atoms with van der Waals surface area (Å²) in [6, 6.07) is 8.80. The van der Waals surface area contributed by atoms with Gasteiger partial charge in [-0.2, -0.15) is 0 Å². The normalized spacial score (nSPS) is 10.1. The maximum atomic E-state index is 12.4. The molecule has 0 aliphatic heterocycles. The van der Waals surface area contributed by atoms with E-state index in [1.165, 1.54) is 0 Å². The van der Waals surface area contributed by atoms with E-state index in [0.29, 0.717) is 11.8 Å². The molecule has 0 saturated carbocycles. The molecule has 0 atom stereocenters. The maximum absolute atomic E-state index is 12.4. The number of carbonyl (C=O) groups is 3. The number of carboxylic acid groups (broad SMARTS) is 1. The number of hydrogen-bond donors (Lipinski definition) is 1. The van der Waals surface area contributed by atoms with Gasteiger partial charge in [-0.25, -0.2) is 9.59 Å². The van der Waals surface area contributed by atoms with Gasteiger partial charge in [0.25, 0.3) is 0 Å². The molecule has 0 unspecified atom stereocenters. The zero-order valence-electron chi connectivity index (χ0n) is 13.3. The molecule has 0 radical (unpaired) electrons. The lowest BCUT2D eigenvalue weighted by molar-refractivity contribution is -0.108. The van der Waals surface area contributed by atoms with Crippen molar-refractivity contribution in [1.29, 1.82) is 0 Å². The number of aldehydes is 1. The van der Waals surface area contributed by atoms with Crippen LogP contribution >= 0.6 is 0 Å². The third-order valence-corrected chi connectivity index (χ3v) is 3.34. The Bertz CT molecular complexity index is 855. The first-order valence-corrected chi connectivity index (χ1v) is 7.19. The summed E-state index contributed by atoms with van der Waals surface area (Å²) >= 11 is 0. The van der Waals surface area contributed by atoms with Crippen LogP contribution in [0, 0.1) is 0 Å². The van der Waals surface area contributed by atoms with Crippen molar-refractivity contribution in [2.45, 2.75) is 13.2 Å². The molecular weight excluding hydrogens is 330 g/mol. The number of rotatable bonds is 7. The molecule has 8 nitrogen and oxygen atoms in total. The molecule has 1 N–H and O–H groups in total. The van der Waals surface area contributed by atoms with Crippen molar-refractivity contribution in [2.24, 2.45) is 0 Å². The van der Waals surface area contributed by atoms with Crippen LogP contribution in [0.1, 0.15) is 26.4 Å². The summed E-state index contributed by atoms with van der Waals surface area (Å²) in [5.41, 5.74) is -1.19. The fourth-order valence-corrected chi connectivity index (χ4v) is 2.19. The quantitative estimate of drug-likeness (QED) is 0.591. The van der Waals surface area contributed by atoms with E-state index in [2.05, 4.69) is 4.74 Å². The first-order valence-electron chi connectivity index (χ1n) is 7.19. The van der Waals surface area contributed by atoms with Crippen molar-refractivity contribution in [2.75, 3.05) is 7.11 Å². The Morgan fingerprint density at radius 3 is 2.48 bits per heavy atom. The molecule has 2 rings (SSSR count). The van der Waals surface area contributed by atoms with Gasteiger partial charge in [-0.15, -0.1) is 0 Å². The van der Waals surface area contributed by atoms with Gasteiger partial charge in [0.15, 0.2) is 11.4 Å². The molecule has 0 aliphatic carbocycles. The number of nitrogens with zero attached hydrogens (tertiary/aromatic N) is 1. The lowest BCUT2D eigenvalue weighted by Crippen LogP contribution is -2.27. The molecule has 1 heterocycles. The Hall–Kier alpha value is -3.42. The molecule has 1 aromatic heterocycles. The summed E-state index contributed by atoms with van der Waals surface area (Å²) in [6.45, 7) is -0.406. The predicted octanol–water partition coefficient (Wildman–Crippen LogP) is 1.11. The minimum atomic E-state index is -1.49. The lowest BCUT2D eigenvalue weighted by Gasteiger charge is -2.15. The second-order valence-corrected chi connectivity index (χ2v) is 4.94. The number of aromatic nitrogens is 1. The van der Waals surface area contributed by atoms with Gasteiger partial charge in [0.1, 0.15) is 18.5 Å². The molecule has 130 valence electrons. The largest absolute Gasteiger partial charge is 0.482 e. The molecule has 0 spiro atoms. The van der Waals surface area contributed by atoms with Crippen LogP contribution in [0.5, 0.6) is 5.75 Å². The molecule has 0 saturated heterocycles. The van der Waals surface area contributed by atoms with Crippen molar-refractivity contribution in [1.82, 2.24) is 4.57 Å². The highest BCUT2D eigenvalue weighted by atomic mass is 16.5. The van der Waals surface area contributed by atoms with E-state index < -0.39 is 28.7 Å². The van der Waals surface area contributed by atoms with Crippen LogP contribution in [0.15, 0.2) is 41.3 Å². The van der Waals surface area contributed by atoms with Crippen molar-refractivity contribution in [3.63, 3.8) is 0 Å². The van der Waals surface area contributed by atoms with E-state index >= 15 is 0 Å². The van der Waals surface area contributed by atoms with Gasteiger partial charge in [-0.3, -0.25) is 4.79 Å². The topological polar surface area (TPSA) is 112 Å². The number of aromatic carboxylic acids is 1. The highest BCUT2D eigenvalue weighted by Gasteiger charge is 2.26. The highest BCUT2D eigenvalue weighted by Crippen LogP contribution is 2.18. The van der Waals surface area contributed by atoms with Crippen LogP contribution in [0.4, 0.5) is 0 Å². The fraction of sp³-hybridized carbons (Fsp3) is 0.176. The molecule has 0 bridgehead atoms. The maximum Gasteiger partial charge on any atom is 0.358 e. The van der Waals surface area contributed by atoms with Crippen LogP contribution < -0.4 is 10.2 Å². The number of ether oxygens (including phenoxy) is 2. The van der Waals surface area contributed by atoms with Gasteiger partial charge in [-0.1, -0.05) is 30.3 Å². The zero-order valence-corrected chi connectivity index (χ0v) is 13.3. The molecule has 8 heteroatoms. The smallest absolute Gasteiger partial charge is 0.358 e. The van der Waals surface area contributed by atoms with E-state index in [1.807, 2.05) is 0 Å². The summed E-state index contributed by atoms with van der Waals surface area (Å²) in [5, 5.41) is 9.18. The average molecular weight is 345 g/mol. The van der Waals surface area contributed by atoms with Gasteiger partial charge in [0.05, 0.1) is 13.7 Å². The Kier molecular flexibility index (Phi) is 5.67. The molecule has 0 amide bonds. The van der Waals surface area contributed by atoms with Gasteiger partial charge < -0.3 is 23.9 Å². The monoisotopic (exact) mass is 345 g/mol. The number of carbonyl (C=O) groups excluding carboxylic acids is 2. The van der Waals surface area contributed by atoms with Gasteiger partial charge in [0.2, 0.25) is 5.43 Å². The fourth-order valence-electron chi connectivity index (χ4n) is 2.19. The average Bonchev–Trinajstić information content (AvgIpc) is 2.61. The number of esters is 1. The summed E-state index contributed by atoms with van der Waals surface area (Å²) in [5.74, 6) is -2.89.